The van der Waals surface area contributed by atoms with E-state index in [0.717, 1.165) is 31.1 Å². The maximum absolute atomic E-state index is 5.70. The molecule has 1 N–H and O–H groups in total. The second kappa shape index (κ2) is 9.58. The Labute approximate surface area is 170 Å². The SMILES string of the molecule is CCN(CC)c1ccc(N(Cc2cccs2)C(=S)NCc2ccco2)cc1. The van der Waals surface area contributed by atoms with Crippen molar-refractivity contribution < 1.29 is 4.42 Å². The van der Waals surface area contributed by atoms with Crippen molar-refractivity contribution in [3.63, 3.8) is 0 Å². The summed E-state index contributed by atoms with van der Waals surface area (Å²) in [5.74, 6) is 0.866. The third-order valence-electron chi connectivity index (χ3n) is 4.42. The average Bonchev–Trinajstić information content (AvgIpc) is 3.40. The largest absolute Gasteiger partial charge is 0.467 e. The van der Waals surface area contributed by atoms with Gasteiger partial charge in [0.05, 0.1) is 19.4 Å². The maximum Gasteiger partial charge on any atom is 0.174 e. The van der Waals surface area contributed by atoms with E-state index in [1.165, 1.54) is 10.6 Å². The second-order valence-electron chi connectivity index (χ2n) is 6.09. The summed E-state index contributed by atoms with van der Waals surface area (Å²) >= 11 is 7.44. The van der Waals surface area contributed by atoms with Crippen LogP contribution >= 0.6 is 23.6 Å². The van der Waals surface area contributed by atoms with E-state index >= 15 is 0 Å². The van der Waals surface area contributed by atoms with Crippen LogP contribution in [0.1, 0.15) is 24.5 Å². The molecule has 0 aliphatic rings. The Morgan fingerprint density at radius 1 is 1.04 bits per heavy atom. The quantitative estimate of drug-likeness (QED) is 0.522. The second-order valence-corrected chi connectivity index (χ2v) is 7.51. The van der Waals surface area contributed by atoms with Gasteiger partial charge in [0.25, 0.3) is 0 Å². The van der Waals surface area contributed by atoms with Crippen LogP contribution in [0.5, 0.6) is 0 Å². The lowest BCUT2D eigenvalue weighted by Crippen LogP contribution is -2.38. The normalized spacial score (nSPS) is 10.6. The molecule has 0 atom stereocenters. The molecular weight excluding hydrogens is 374 g/mol. The summed E-state index contributed by atoms with van der Waals surface area (Å²) in [7, 11) is 0. The van der Waals surface area contributed by atoms with Gasteiger partial charge >= 0.3 is 0 Å². The molecule has 6 heteroatoms. The van der Waals surface area contributed by atoms with Crippen molar-refractivity contribution in [2.24, 2.45) is 0 Å². The van der Waals surface area contributed by atoms with Gasteiger partial charge in [0.2, 0.25) is 0 Å². The molecule has 4 nitrogen and oxygen atoms in total. The van der Waals surface area contributed by atoms with Crippen molar-refractivity contribution >= 4 is 40.0 Å². The molecule has 3 rings (SSSR count). The molecule has 1 aromatic carbocycles. The first-order valence-corrected chi connectivity index (χ1v) is 10.4. The Bertz CT molecular complexity index is 810. The highest BCUT2D eigenvalue weighted by Gasteiger charge is 2.14. The molecule has 0 saturated carbocycles. The van der Waals surface area contributed by atoms with E-state index in [0.29, 0.717) is 11.7 Å². The molecule has 142 valence electrons. The summed E-state index contributed by atoms with van der Waals surface area (Å²) < 4.78 is 5.40. The molecule has 0 saturated heterocycles. The number of thiocarbonyl (C=S) groups is 1. The lowest BCUT2D eigenvalue weighted by Gasteiger charge is -2.27. The van der Waals surface area contributed by atoms with Gasteiger partial charge in [-0.2, -0.15) is 0 Å². The van der Waals surface area contributed by atoms with E-state index in [4.69, 9.17) is 16.6 Å². The van der Waals surface area contributed by atoms with Crippen molar-refractivity contribution in [2.75, 3.05) is 22.9 Å². The topological polar surface area (TPSA) is 31.6 Å². The number of rotatable bonds is 8. The van der Waals surface area contributed by atoms with E-state index < -0.39 is 0 Å². The van der Waals surface area contributed by atoms with Gasteiger partial charge < -0.3 is 19.5 Å². The fraction of sp³-hybridized carbons (Fsp3) is 0.286. The van der Waals surface area contributed by atoms with Gasteiger partial charge in [0.15, 0.2) is 5.11 Å². The Morgan fingerprint density at radius 3 is 2.37 bits per heavy atom. The fourth-order valence-electron chi connectivity index (χ4n) is 2.94. The van der Waals surface area contributed by atoms with Crippen LogP contribution in [0.4, 0.5) is 11.4 Å². The Balaban J connectivity index is 1.77. The summed E-state index contributed by atoms with van der Waals surface area (Å²) in [5.41, 5.74) is 2.31. The standard InChI is InChI=1S/C21H25N3OS2/c1-3-23(4-2)17-9-11-18(12-10-17)24(16-20-8-6-14-27-20)21(26)22-15-19-7-5-13-25-19/h5-14H,3-4,15-16H2,1-2H3,(H,22,26). The van der Waals surface area contributed by atoms with Gasteiger partial charge in [-0.1, -0.05) is 6.07 Å². The van der Waals surface area contributed by atoms with Gasteiger partial charge in [-0.05, 0) is 73.9 Å². The molecule has 0 unspecified atom stereocenters. The number of furan rings is 1. The molecule has 0 spiro atoms. The molecule has 0 fully saturated rings. The first kappa shape index (κ1) is 19.5. The number of nitrogens with one attached hydrogen (secondary N) is 1. The van der Waals surface area contributed by atoms with Gasteiger partial charge in [0, 0.05) is 29.3 Å². The first-order valence-electron chi connectivity index (χ1n) is 9.16. The minimum Gasteiger partial charge on any atom is -0.467 e. The van der Waals surface area contributed by atoms with E-state index in [2.05, 4.69) is 70.7 Å². The van der Waals surface area contributed by atoms with Gasteiger partial charge in [0.1, 0.15) is 5.76 Å². The first-order chi connectivity index (χ1) is 13.2. The highest BCUT2D eigenvalue weighted by atomic mass is 32.1. The Morgan fingerprint density at radius 2 is 1.78 bits per heavy atom. The number of thiophene rings is 1. The highest BCUT2D eigenvalue weighted by molar-refractivity contribution is 7.80. The molecule has 0 radical (unpaired) electrons. The van der Waals surface area contributed by atoms with E-state index in [9.17, 15) is 0 Å². The van der Waals surface area contributed by atoms with Crippen LogP contribution in [0.25, 0.3) is 0 Å². The predicted molar refractivity (Wildman–Crippen MR) is 119 cm³/mol. The number of nitrogens with zero attached hydrogens (tertiary/aromatic N) is 2. The third kappa shape index (κ3) is 5.11. The lowest BCUT2D eigenvalue weighted by atomic mass is 10.2. The van der Waals surface area contributed by atoms with Gasteiger partial charge in [-0.3, -0.25) is 0 Å². The summed E-state index contributed by atoms with van der Waals surface area (Å²) in [5, 5.41) is 6.10. The maximum atomic E-state index is 5.70. The van der Waals surface area contributed by atoms with Crippen molar-refractivity contribution in [3.8, 4) is 0 Å². The molecule has 27 heavy (non-hydrogen) atoms. The zero-order valence-corrected chi connectivity index (χ0v) is 17.4. The number of anilines is 2. The zero-order chi connectivity index (χ0) is 19.1. The molecule has 2 aromatic heterocycles. The summed E-state index contributed by atoms with van der Waals surface area (Å²) in [6.07, 6.45) is 1.68. The van der Waals surface area contributed by atoms with Crippen molar-refractivity contribution in [2.45, 2.75) is 26.9 Å². The minimum absolute atomic E-state index is 0.574. The van der Waals surface area contributed by atoms with Crippen molar-refractivity contribution in [1.82, 2.24) is 5.32 Å². The number of hydrogen-bond donors (Lipinski definition) is 1. The molecule has 0 amide bonds. The van der Waals surface area contributed by atoms with Crippen LogP contribution in [0.15, 0.2) is 64.6 Å². The van der Waals surface area contributed by atoms with Gasteiger partial charge in [-0.15, -0.1) is 11.3 Å². The number of hydrogen-bond acceptors (Lipinski definition) is 4. The van der Waals surface area contributed by atoms with Gasteiger partial charge in [-0.25, -0.2) is 0 Å². The fourth-order valence-corrected chi connectivity index (χ4v) is 3.88. The van der Waals surface area contributed by atoms with Crippen LogP contribution in [-0.2, 0) is 13.1 Å². The zero-order valence-electron chi connectivity index (χ0n) is 15.7. The summed E-state index contributed by atoms with van der Waals surface area (Å²) in [4.78, 5) is 5.74. The van der Waals surface area contributed by atoms with Crippen LogP contribution < -0.4 is 15.1 Å². The van der Waals surface area contributed by atoms with E-state index in [1.807, 2.05) is 12.1 Å². The Kier molecular flexibility index (Phi) is 6.90. The number of benzene rings is 1. The minimum atomic E-state index is 0.574. The molecule has 0 aliphatic carbocycles. The molecule has 2 heterocycles. The third-order valence-corrected chi connectivity index (χ3v) is 5.65. The average molecular weight is 400 g/mol. The molecular formula is C21H25N3OS2. The van der Waals surface area contributed by atoms with Crippen LogP contribution in [0, 0.1) is 0 Å². The van der Waals surface area contributed by atoms with Crippen LogP contribution in [0.3, 0.4) is 0 Å². The summed E-state index contributed by atoms with van der Waals surface area (Å²) in [6.45, 7) is 7.66. The van der Waals surface area contributed by atoms with Crippen molar-refractivity contribution in [1.29, 1.82) is 0 Å². The smallest absolute Gasteiger partial charge is 0.174 e. The van der Waals surface area contributed by atoms with E-state index in [1.54, 1.807) is 17.6 Å². The van der Waals surface area contributed by atoms with Crippen LogP contribution in [-0.4, -0.2) is 18.2 Å². The van der Waals surface area contributed by atoms with E-state index in [-0.39, 0.29) is 0 Å². The molecule has 0 aliphatic heterocycles. The monoisotopic (exact) mass is 399 g/mol. The highest BCUT2D eigenvalue weighted by Crippen LogP contribution is 2.24. The summed E-state index contributed by atoms with van der Waals surface area (Å²) in [6, 6.07) is 16.6. The molecule has 3 aromatic rings. The lowest BCUT2D eigenvalue weighted by molar-refractivity contribution is 0.503. The van der Waals surface area contributed by atoms with Crippen LogP contribution in [0.2, 0.25) is 0 Å². The Hall–Kier alpha value is -2.31. The van der Waals surface area contributed by atoms with Crippen molar-refractivity contribution in [3.05, 3.63) is 70.8 Å². The molecule has 0 bridgehead atoms. The predicted octanol–water partition coefficient (Wildman–Crippen LogP) is 5.27.